The number of anilines is 1. The van der Waals surface area contributed by atoms with Crippen molar-refractivity contribution in [2.24, 2.45) is 13.0 Å². The number of aryl methyl sites for hydroxylation is 1. The Morgan fingerprint density at radius 1 is 0.884 bits per heavy atom. The van der Waals surface area contributed by atoms with Crippen molar-refractivity contribution in [1.29, 1.82) is 0 Å². The second kappa shape index (κ2) is 12.3. The van der Waals surface area contributed by atoms with E-state index in [2.05, 4.69) is 27.2 Å². The van der Waals surface area contributed by atoms with E-state index in [0.29, 0.717) is 30.0 Å². The van der Waals surface area contributed by atoms with Crippen LogP contribution in [0.25, 0.3) is 0 Å². The lowest BCUT2D eigenvalue weighted by Crippen LogP contribution is -2.38. The standard InChI is InChI=1S/C28H31F9N6/c1-4-24(42-9-5-6-17(2)14-42)23-8-7-20(26(29,30)31)12-19(23)16-43(25-38-40-41(3)39-25)15-18-10-21(27(32,33)34)13-22(11-18)28(35,36)37/h7-8,10-13,17,24H,4-6,9,14-16H2,1-3H3. The molecule has 0 spiro atoms. The van der Waals surface area contributed by atoms with Crippen molar-refractivity contribution in [1.82, 2.24) is 25.1 Å². The molecule has 0 N–H and O–H groups in total. The van der Waals surface area contributed by atoms with Crippen LogP contribution < -0.4 is 4.90 Å². The van der Waals surface area contributed by atoms with Gasteiger partial charge in [0.2, 0.25) is 0 Å². The molecule has 2 heterocycles. The summed E-state index contributed by atoms with van der Waals surface area (Å²) in [5.41, 5.74) is -3.53. The van der Waals surface area contributed by atoms with E-state index in [1.807, 2.05) is 6.92 Å². The molecular weight excluding hydrogens is 591 g/mol. The molecule has 2 unspecified atom stereocenters. The van der Waals surface area contributed by atoms with Crippen molar-refractivity contribution < 1.29 is 39.5 Å². The highest BCUT2D eigenvalue weighted by atomic mass is 19.4. The summed E-state index contributed by atoms with van der Waals surface area (Å²) in [6.07, 6.45) is -12.3. The lowest BCUT2D eigenvalue weighted by atomic mass is 9.91. The molecule has 0 saturated carbocycles. The Balaban J connectivity index is 1.81. The maximum Gasteiger partial charge on any atom is 0.416 e. The van der Waals surface area contributed by atoms with Crippen LogP contribution in [0.5, 0.6) is 0 Å². The molecule has 0 radical (unpaired) electrons. The minimum Gasteiger partial charge on any atom is -0.330 e. The Morgan fingerprint density at radius 3 is 2.02 bits per heavy atom. The van der Waals surface area contributed by atoms with Crippen LogP contribution in [0.3, 0.4) is 0 Å². The van der Waals surface area contributed by atoms with E-state index in [4.69, 9.17) is 0 Å². The van der Waals surface area contributed by atoms with E-state index in [1.54, 1.807) is 0 Å². The van der Waals surface area contributed by atoms with Crippen LogP contribution in [-0.4, -0.2) is 38.2 Å². The van der Waals surface area contributed by atoms with Gasteiger partial charge in [0.25, 0.3) is 5.95 Å². The minimum absolute atomic E-state index is 0.0186. The molecule has 2 aromatic carbocycles. The highest BCUT2D eigenvalue weighted by molar-refractivity contribution is 5.42. The second-order valence-electron chi connectivity index (χ2n) is 10.9. The number of aromatic nitrogens is 4. The molecule has 0 amide bonds. The van der Waals surface area contributed by atoms with E-state index < -0.39 is 41.8 Å². The molecule has 6 nitrogen and oxygen atoms in total. The SMILES string of the molecule is CCC(c1ccc(C(F)(F)F)cc1CN(Cc1cc(C(F)(F)F)cc(C(F)(F)F)c1)c1nnn(C)n1)N1CCCC(C)C1. The summed E-state index contributed by atoms with van der Waals surface area (Å²) in [5.74, 6) is 0.209. The van der Waals surface area contributed by atoms with Gasteiger partial charge in [-0.25, -0.2) is 0 Å². The highest BCUT2D eigenvalue weighted by Crippen LogP contribution is 2.39. The van der Waals surface area contributed by atoms with Crippen LogP contribution in [-0.2, 0) is 38.7 Å². The number of halogens is 9. The molecule has 4 rings (SSSR count). The molecule has 1 saturated heterocycles. The first-order chi connectivity index (χ1) is 20.0. The average Bonchev–Trinajstić information content (AvgIpc) is 3.34. The van der Waals surface area contributed by atoms with Crippen molar-refractivity contribution in [3.63, 3.8) is 0 Å². The molecule has 1 aromatic heterocycles. The summed E-state index contributed by atoms with van der Waals surface area (Å²) in [6, 6.07) is 4.28. The first-order valence-electron chi connectivity index (χ1n) is 13.7. The van der Waals surface area contributed by atoms with Gasteiger partial charge in [-0.3, -0.25) is 4.90 Å². The van der Waals surface area contributed by atoms with Crippen LogP contribution in [0.1, 0.15) is 72.5 Å². The topological polar surface area (TPSA) is 50.1 Å². The molecule has 3 aromatic rings. The van der Waals surface area contributed by atoms with Crippen LogP contribution in [0, 0.1) is 5.92 Å². The van der Waals surface area contributed by atoms with E-state index in [0.717, 1.165) is 42.9 Å². The van der Waals surface area contributed by atoms with Crippen LogP contribution in [0.2, 0.25) is 0 Å². The molecule has 1 aliphatic rings. The van der Waals surface area contributed by atoms with E-state index >= 15 is 0 Å². The third-order valence-corrected chi connectivity index (χ3v) is 7.51. The van der Waals surface area contributed by atoms with Gasteiger partial charge in [-0.2, -0.15) is 44.3 Å². The number of nitrogens with zero attached hydrogens (tertiary/aromatic N) is 6. The van der Waals surface area contributed by atoms with E-state index in [9.17, 15) is 39.5 Å². The molecular formula is C28H31F9N6. The quantitative estimate of drug-likeness (QED) is 0.242. The number of alkyl halides is 9. The van der Waals surface area contributed by atoms with Gasteiger partial charge in [-0.1, -0.05) is 25.0 Å². The Bertz CT molecular complexity index is 1360. The summed E-state index contributed by atoms with van der Waals surface area (Å²) >= 11 is 0. The van der Waals surface area contributed by atoms with Gasteiger partial charge in [0.05, 0.1) is 23.7 Å². The zero-order chi connectivity index (χ0) is 31.7. The summed E-state index contributed by atoms with van der Waals surface area (Å²) < 4.78 is 123. The fraction of sp³-hybridized carbons (Fsp3) is 0.536. The van der Waals surface area contributed by atoms with Crippen LogP contribution in [0.4, 0.5) is 45.5 Å². The van der Waals surface area contributed by atoms with Gasteiger partial charge in [0, 0.05) is 25.7 Å². The lowest BCUT2D eigenvalue weighted by Gasteiger charge is -2.38. The number of tetrazole rings is 1. The summed E-state index contributed by atoms with van der Waals surface area (Å²) in [7, 11) is 1.40. The van der Waals surface area contributed by atoms with Gasteiger partial charge in [0.15, 0.2) is 0 Å². The van der Waals surface area contributed by atoms with E-state index in [-0.39, 0.29) is 35.7 Å². The Hall–Kier alpha value is -3.36. The zero-order valence-electron chi connectivity index (χ0n) is 23.7. The smallest absolute Gasteiger partial charge is 0.330 e. The number of piperidine rings is 1. The van der Waals surface area contributed by atoms with Gasteiger partial charge < -0.3 is 4.90 Å². The maximum atomic E-state index is 13.8. The highest BCUT2D eigenvalue weighted by Gasteiger charge is 2.38. The van der Waals surface area contributed by atoms with Crippen molar-refractivity contribution in [3.05, 3.63) is 69.8 Å². The van der Waals surface area contributed by atoms with Crippen molar-refractivity contribution >= 4 is 5.95 Å². The number of hydrogen-bond donors (Lipinski definition) is 0. The first-order valence-corrected chi connectivity index (χ1v) is 13.7. The van der Waals surface area contributed by atoms with Crippen LogP contribution >= 0.6 is 0 Å². The van der Waals surface area contributed by atoms with Gasteiger partial charge in [-0.15, -0.1) is 5.10 Å². The average molecular weight is 623 g/mol. The largest absolute Gasteiger partial charge is 0.416 e. The molecule has 1 aliphatic heterocycles. The molecule has 0 bridgehead atoms. The zero-order valence-corrected chi connectivity index (χ0v) is 23.7. The first kappa shape index (κ1) is 32.6. The van der Waals surface area contributed by atoms with Crippen molar-refractivity contribution in [2.75, 3.05) is 18.0 Å². The Morgan fingerprint density at radius 2 is 1.51 bits per heavy atom. The Kier molecular flexibility index (Phi) is 9.33. The normalized spacial score (nSPS) is 17.7. The number of benzene rings is 2. The third kappa shape index (κ3) is 7.98. The number of rotatable bonds is 8. The molecule has 0 aliphatic carbocycles. The summed E-state index contributed by atoms with van der Waals surface area (Å²) in [5, 5.41) is 11.6. The van der Waals surface area contributed by atoms with Gasteiger partial charge >= 0.3 is 18.5 Å². The second-order valence-corrected chi connectivity index (χ2v) is 10.9. The molecule has 15 heteroatoms. The number of hydrogen-bond acceptors (Lipinski definition) is 5. The fourth-order valence-electron chi connectivity index (χ4n) is 5.56. The maximum absolute atomic E-state index is 13.8. The molecule has 43 heavy (non-hydrogen) atoms. The molecule has 2 atom stereocenters. The fourth-order valence-corrected chi connectivity index (χ4v) is 5.56. The van der Waals surface area contributed by atoms with Gasteiger partial charge in [0.1, 0.15) is 0 Å². The Labute approximate surface area is 242 Å². The lowest BCUT2D eigenvalue weighted by molar-refractivity contribution is -0.143. The monoisotopic (exact) mass is 622 g/mol. The summed E-state index contributed by atoms with van der Waals surface area (Å²) in [4.78, 5) is 4.47. The minimum atomic E-state index is -5.07. The summed E-state index contributed by atoms with van der Waals surface area (Å²) in [6.45, 7) is 4.59. The van der Waals surface area contributed by atoms with Crippen molar-refractivity contribution in [3.8, 4) is 0 Å². The molecule has 1 fully saturated rings. The van der Waals surface area contributed by atoms with E-state index in [1.165, 1.54) is 18.0 Å². The predicted molar refractivity (Wildman–Crippen MR) is 140 cm³/mol. The molecule has 236 valence electrons. The van der Waals surface area contributed by atoms with Crippen molar-refractivity contribution in [2.45, 2.75) is 70.8 Å². The predicted octanol–water partition coefficient (Wildman–Crippen LogP) is 7.66. The number of likely N-dealkylation sites (tertiary alicyclic amines) is 1. The third-order valence-electron chi connectivity index (χ3n) is 7.51. The van der Waals surface area contributed by atoms with Gasteiger partial charge in [-0.05, 0) is 84.0 Å². The van der Waals surface area contributed by atoms with Crippen LogP contribution in [0.15, 0.2) is 36.4 Å².